The van der Waals surface area contributed by atoms with Gasteiger partial charge in [-0.3, -0.25) is 9.36 Å². The summed E-state index contributed by atoms with van der Waals surface area (Å²) in [5.41, 5.74) is 0.729. The molecule has 5 nitrogen and oxygen atoms in total. The van der Waals surface area contributed by atoms with Crippen molar-refractivity contribution in [2.24, 2.45) is 0 Å². The highest BCUT2D eigenvalue weighted by Crippen LogP contribution is 2.32. The number of rotatable bonds is 2. The van der Waals surface area contributed by atoms with Crippen LogP contribution in [-0.4, -0.2) is 22.8 Å². The van der Waals surface area contributed by atoms with E-state index in [2.05, 4.69) is 4.98 Å². The van der Waals surface area contributed by atoms with Gasteiger partial charge in [0, 0.05) is 11.6 Å². The molecule has 6 heteroatoms. The second-order valence-electron chi connectivity index (χ2n) is 5.28. The van der Waals surface area contributed by atoms with Crippen LogP contribution in [0.2, 0.25) is 0 Å². The molecule has 116 valence electrons. The lowest BCUT2D eigenvalue weighted by atomic mass is 10.2. The molecule has 0 unspecified atom stereocenters. The summed E-state index contributed by atoms with van der Waals surface area (Å²) >= 11 is 0. The molecule has 0 saturated carbocycles. The number of ether oxygens (including phenoxy) is 2. The van der Waals surface area contributed by atoms with Crippen molar-refractivity contribution < 1.29 is 13.9 Å². The molecule has 0 fully saturated rings. The van der Waals surface area contributed by atoms with Crippen LogP contribution in [0.15, 0.2) is 47.5 Å². The average Bonchev–Trinajstić information content (AvgIpc) is 2.58. The second kappa shape index (κ2) is 5.39. The summed E-state index contributed by atoms with van der Waals surface area (Å²) in [6, 6.07) is 9.70. The molecule has 0 spiro atoms. The zero-order valence-electron chi connectivity index (χ0n) is 12.2. The summed E-state index contributed by atoms with van der Waals surface area (Å²) < 4.78 is 26.2. The van der Waals surface area contributed by atoms with Gasteiger partial charge in [0.25, 0.3) is 5.56 Å². The van der Waals surface area contributed by atoms with Crippen LogP contribution in [0.1, 0.15) is 5.56 Å². The van der Waals surface area contributed by atoms with Crippen LogP contribution in [-0.2, 0) is 6.54 Å². The van der Waals surface area contributed by atoms with Crippen molar-refractivity contribution in [2.75, 3.05) is 13.2 Å². The normalized spacial score (nSPS) is 13.3. The lowest BCUT2D eigenvalue weighted by Crippen LogP contribution is -2.22. The van der Waals surface area contributed by atoms with Gasteiger partial charge in [-0.1, -0.05) is 18.2 Å². The highest BCUT2D eigenvalue weighted by Gasteiger charge is 2.15. The zero-order valence-corrected chi connectivity index (χ0v) is 12.2. The molecule has 0 saturated heterocycles. The van der Waals surface area contributed by atoms with Crippen molar-refractivity contribution in [3.05, 3.63) is 64.5 Å². The van der Waals surface area contributed by atoms with Crippen LogP contribution in [0, 0.1) is 5.82 Å². The molecule has 1 aliphatic rings. The van der Waals surface area contributed by atoms with E-state index in [-0.39, 0.29) is 17.9 Å². The first-order valence-electron chi connectivity index (χ1n) is 7.24. The first-order chi connectivity index (χ1) is 11.2. The Bertz CT molecular complexity index is 952. The van der Waals surface area contributed by atoms with Crippen LogP contribution >= 0.6 is 0 Å². The molecule has 2 heterocycles. The van der Waals surface area contributed by atoms with E-state index in [1.165, 1.54) is 17.0 Å². The number of benzene rings is 2. The van der Waals surface area contributed by atoms with Crippen molar-refractivity contribution in [1.82, 2.24) is 9.55 Å². The van der Waals surface area contributed by atoms with E-state index < -0.39 is 0 Å². The lowest BCUT2D eigenvalue weighted by Gasteiger charge is -2.18. The first kappa shape index (κ1) is 13.8. The molecule has 0 bridgehead atoms. The number of aromatic nitrogens is 2. The zero-order chi connectivity index (χ0) is 15.8. The summed E-state index contributed by atoms with van der Waals surface area (Å²) in [5.74, 6) is 0.774. The highest BCUT2D eigenvalue weighted by molar-refractivity contribution is 5.81. The second-order valence-corrected chi connectivity index (χ2v) is 5.28. The molecule has 4 rings (SSSR count). The van der Waals surface area contributed by atoms with Gasteiger partial charge in [-0.25, -0.2) is 9.37 Å². The van der Waals surface area contributed by atoms with Gasteiger partial charge in [-0.05, 0) is 12.1 Å². The monoisotopic (exact) mass is 312 g/mol. The number of halogens is 1. The average molecular weight is 312 g/mol. The summed E-state index contributed by atoms with van der Waals surface area (Å²) in [4.78, 5) is 16.9. The van der Waals surface area contributed by atoms with Gasteiger partial charge in [0.15, 0.2) is 11.5 Å². The topological polar surface area (TPSA) is 53.4 Å². The van der Waals surface area contributed by atoms with Gasteiger partial charge in [-0.2, -0.15) is 0 Å². The third-order valence-corrected chi connectivity index (χ3v) is 3.79. The SMILES string of the molecule is O=c1c2cc3c(cc2ncn1Cc1ccccc1F)OCCO3. The van der Waals surface area contributed by atoms with Gasteiger partial charge >= 0.3 is 0 Å². The van der Waals surface area contributed by atoms with E-state index in [0.717, 1.165) is 0 Å². The summed E-state index contributed by atoms with van der Waals surface area (Å²) in [6.07, 6.45) is 1.42. The van der Waals surface area contributed by atoms with Crippen molar-refractivity contribution >= 4 is 10.9 Å². The Labute approximate surface area is 130 Å². The van der Waals surface area contributed by atoms with E-state index in [1.807, 2.05) is 0 Å². The Balaban J connectivity index is 1.81. The molecule has 0 atom stereocenters. The maximum atomic E-state index is 13.8. The van der Waals surface area contributed by atoms with Gasteiger partial charge in [0.2, 0.25) is 0 Å². The molecular weight excluding hydrogens is 299 g/mol. The van der Waals surface area contributed by atoms with E-state index >= 15 is 0 Å². The van der Waals surface area contributed by atoms with Crippen molar-refractivity contribution in [2.45, 2.75) is 6.54 Å². The fourth-order valence-electron chi connectivity index (χ4n) is 2.62. The molecule has 0 radical (unpaired) electrons. The molecule has 0 amide bonds. The van der Waals surface area contributed by atoms with Gasteiger partial charge in [0.1, 0.15) is 19.0 Å². The third-order valence-electron chi connectivity index (χ3n) is 3.79. The van der Waals surface area contributed by atoms with Crippen molar-refractivity contribution in [3.8, 4) is 11.5 Å². The maximum absolute atomic E-state index is 13.8. The Hall–Kier alpha value is -2.89. The highest BCUT2D eigenvalue weighted by atomic mass is 19.1. The number of hydrogen-bond acceptors (Lipinski definition) is 4. The molecule has 1 aromatic heterocycles. The molecule has 23 heavy (non-hydrogen) atoms. The fourth-order valence-corrected chi connectivity index (χ4v) is 2.62. The van der Waals surface area contributed by atoms with E-state index in [1.54, 1.807) is 30.3 Å². The van der Waals surface area contributed by atoms with Crippen LogP contribution in [0.25, 0.3) is 10.9 Å². The molecule has 2 aromatic carbocycles. The van der Waals surface area contributed by atoms with E-state index in [0.29, 0.717) is 41.2 Å². The summed E-state index contributed by atoms with van der Waals surface area (Å²) in [5, 5.41) is 0.424. The third kappa shape index (κ3) is 2.42. The number of fused-ring (bicyclic) bond motifs is 2. The number of hydrogen-bond donors (Lipinski definition) is 0. The van der Waals surface area contributed by atoms with Gasteiger partial charge < -0.3 is 9.47 Å². The van der Waals surface area contributed by atoms with Crippen LogP contribution in [0.4, 0.5) is 4.39 Å². The Morgan fingerprint density at radius 1 is 1.13 bits per heavy atom. The molecule has 1 aliphatic heterocycles. The Kier molecular flexibility index (Phi) is 3.22. The minimum atomic E-state index is -0.346. The minimum absolute atomic E-state index is 0.128. The molecular formula is C17H13FN2O3. The van der Waals surface area contributed by atoms with Crippen LogP contribution < -0.4 is 15.0 Å². The summed E-state index contributed by atoms with van der Waals surface area (Å²) in [7, 11) is 0. The molecule has 3 aromatic rings. The van der Waals surface area contributed by atoms with Gasteiger partial charge in [-0.15, -0.1) is 0 Å². The number of nitrogens with zero attached hydrogens (tertiary/aromatic N) is 2. The van der Waals surface area contributed by atoms with Crippen LogP contribution in [0.5, 0.6) is 11.5 Å². The Morgan fingerprint density at radius 3 is 2.65 bits per heavy atom. The first-order valence-corrected chi connectivity index (χ1v) is 7.24. The minimum Gasteiger partial charge on any atom is -0.486 e. The van der Waals surface area contributed by atoms with Crippen molar-refractivity contribution in [1.29, 1.82) is 0 Å². The van der Waals surface area contributed by atoms with Crippen molar-refractivity contribution in [3.63, 3.8) is 0 Å². The predicted molar refractivity (Wildman–Crippen MR) is 82.5 cm³/mol. The smallest absolute Gasteiger partial charge is 0.261 e. The maximum Gasteiger partial charge on any atom is 0.261 e. The molecule has 0 N–H and O–H groups in total. The van der Waals surface area contributed by atoms with Crippen LogP contribution in [0.3, 0.4) is 0 Å². The summed E-state index contributed by atoms with van der Waals surface area (Å²) in [6.45, 7) is 1.05. The van der Waals surface area contributed by atoms with Gasteiger partial charge in [0.05, 0.1) is 23.8 Å². The molecule has 0 aliphatic carbocycles. The van der Waals surface area contributed by atoms with E-state index in [4.69, 9.17) is 9.47 Å². The fraction of sp³-hybridized carbons (Fsp3) is 0.176. The van der Waals surface area contributed by atoms with E-state index in [9.17, 15) is 9.18 Å². The predicted octanol–water partition coefficient (Wildman–Crippen LogP) is 2.36. The quantitative estimate of drug-likeness (QED) is 0.729. The lowest BCUT2D eigenvalue weighted by molar-refractivity contribution is 0.172. The Morgan fingerprint density at radius 2 is 1.87 bits per heavy atom. The standard InChI is InChI=1S/C17H13FN2O3/c18-13-4-2-1-3-11(13)9-20-10-19-14-8-16-15(22-5-6-23-16)7-12(14)17(20)21/h1-4,7-8,10H,5-6,9H2. The largest absolute Gasteiger partial charge is 0.486 e.